The molecule has 0 aliphatic heterocycles. The molecule has 39 heavy (non-hydrogen) atoms. The third kappa shape index (κ3) is 6.18. The number of aliphatic hydroxyl groups excluding tert-OH is 1. The number of methoxy groups -OCH3 is 1. The van der Waals surface area contributed by atoms with E-state index >= 15 is 0 Å². The first kappa shape index (κ1) is 27.2. The lowest BCUT2D eigenvalue weighted by Gasteiger charge is -2.16. The molecular formula is C29H29FN4O5. The van der Waals surface area contributed by atoms with Crippen LogP contribution in [0.15, 0.2) is 94.9 Å². The minimum atomic E-state index is -1.20. The fourth-order valence-corrected chi connectivity index (χ4v) is 3.75. The molecule has 0 saturated heterocycles. The topological polar surface area (TPSA) is 135 Å². The van der Waals surface area contributed by atoms with Crippen molar-refractivity contribution in [1.82, 2.24) is 0 Å². The Balaban J connectivity index is 1.46. The Morgan fingerprint density at radius 2 is 1.72 bits per heavy atom. The van der Waals surface area contributed by atoms with Crippen molar-refractivity contribution < 1.29 is 28.6 Å². The van der Waals surface area contributed by atoms with Gasteiger partial charge in [-0.1, -0.05) is 17.7 Å². The van der Waals surface area contributed by atoms with E-state index in [9.17, 15) is 19.1 Å². The summed E-state index contributed by atoms with van der Waals surface area (Å²) in [5.41, 5.74) is 7.08. The summed E-state index contributed by atoms with van der Waals surface area (Å²) >= 11 is 0. The summed E-state index contributed by atoms with van der Waals surface area (Å²) in [5, 5.41) is 15.5. The summed E-state index contributed by atoms with van der Waals surface area (Å²) in [7, 11) is 1.39. The minimum Gasteiger partial charge on any atom is -0.504 e. The van der Waals surface area contributed by atoms with Crippen LogP contribution in [-0.2, 0) is 14.3 Å². The molecule has 1 saturated carbocycles. The van der Waals surface area contributed by atoms with Gasteiger partial charge in [-0.2, -0.15) is 0 Å². The molecule has 2 aromatic rings. The van der Waals surface area contributed by atoms with Crippen molar-refractivity contribution in [3.63, 3.8) is 0 Å². The summed E-state index contributed by atoms with van der Waals surface area (Å²) in [6, 6.07) is 11.2. The van der Waals surface area contributed by atoms with Crippen molar-refractivity contribution >= 4 is 28.9 Å². The highest BCUT2D eigenvalue weighted by atomic mass is 19.1. The number of carbonyl (C=O) groups is 2. The number of aliphatic imine (C=N–C) groups is 1. The standard InChI is InChI=1S/C29H29FN4O5/c1-4-26(31)34-22-15-23(35)25(38-3)13-18(22)16-39-24-10-9-20(14-21(24)30)33-28(37)29(11-12-29)27(36)32-19-7-5-17(2)6-8-19/h4-10,13-16,35H,11-12,31H2,1-3H3,(H,32,36)(H,33,37)/b18-16+,26-4-,34-22-. The number of aryl methyl sites for hydroxylation is 1. The van der Waals surface area contributed by atoms with Crippen molar-refractivity contribution in [1.29, 1.82) is 0 Å². The molecule has 1 fully saturated rings. The molecule has 4 rings (SSSR count). The van der Waals surface area contributed by atoms with Gasteiger partial charge < -0.3 is 30.9 Å². The monoisotopic (exact) mass is 532 g/mol. The fourth-order valence-electron chi connectivity index (χ4n) is 3.75. The lowest BCUT2D eigenvalue weighted by molar-refractivity contribution is -0.131. The number of hydrogen-bond donors (Lipinski definition) is 4. The summed E-state index contributed by atoms with van der Waals surface area (Å²) in [6.07, 6.45) is 6.45. The molecule has 0 heterocycles. The fraction of sp³-hybridized carbons (Fsp3) is 0.207. The molecule has 0 spiro atoms. The molecule has 0 aromatic heterocycles. The lowest BCUT2D eigenvalue weighted by atomic mass is 10.0. The molecule has 2 aromatic carbocycles. The summed E-state index contributed by atoms with van der Waals surface area (Å²) in [6.45, 7) is 3.65. The number of carbonyl (C=O) groups excluding carboxylic acids is 2. The van der Waals surface area contributed by atoms with E-state index in [2.05, 4.69) is 15.6 Å². The number of nitrogens with zero attached hydrogens (tertiary/aromatic N) is 1. The van der Waals surface area contributed by atoms with E-state index in [1.807, 2.05) is 19.1 Å². The van der Waals surface area contributed by atoms with Gasteiger partial charge in [0.1, 0.15) is 17.5 Å². The SMILES string of the molecule is C\C=C(N)/N=C1/C=C(O)C(OC)=C/C1=C\Oc1ccc(NC(=O)C2(C(=O)Nc3ccc(C)cc3)CC2)cc1F. The van der Waals surface area contributed by atoms with Crippen molar-refractivity contribution in [2.24, 2.45) is 16.1 Å². The molecule has 9 nitrogen and oxygen atoms in total. The van der Waals surface area contributed by atoms with E-state index in [1.54, 1.807) is 25.1 Å². The van der Waals surface area contributed by atoms with Gasteiger partial charge in [0.25, 0.3) is 0 Å². The van der Waals surface area contributed by atoms with Crippen LogP contribution in [0.25, 0.3) is 0 Å². The van der Waals surface area contributed by atoms with E-state index in [-0.39, 0.29) is 34.5 Å². The van der Waals surface area contributed by atoms with Gasteiger partial charge in [-0.25, -0.2) is 9.38 Å². The first-order chi connectivity index (χ1) is 18.6. The number of aliphatic hydroxyl groups is 1. The molecule has 2 aliphatic rings. The average molecular weight is 533 g/mol. The quantitative estimate of drug-likeness (QED) is 0.279. The number of nitrogens with one attached hydrogen (secondary N) is 2. The highest BCUT2D eigenvalue weighted by Gasteiger charge is 2.56. The second kappa shape index (κ2) is 11.3. The van der Waals surface area contributed by atoms with Gasteiger partial charge in [-0.15, -0.1) is 0 Å². The van der Waals surface area contributed by atoms with Gasteiger partial charge in [0.2, 0.25) is 11.8 Å². The van der Waals surface area contributed by atoms with Gasteiger partial charge in [-0.3, -0.25) is 9.59 Å². The third-order valence-electron chi connectivity index (χ3n) is 6.30. The average Bonchev–Trinajstić information content (AvgIpc) is 3.73. The second-order valence-corrected chi connectivity index (χ2v) is 9.15. The van der Waals surface area contributed by atoms with Crippen molar-refractivity contribution in [3.05, 3.63) is 101 Å². The highest BCUT2D eigenvalue weighted by Crippen LogP contribution is 2.47. The van der Waals surface area contributed by atoms with Gasteiger partial charge in [0, 0.05) is 29.1 Å². The van der Waals surface area contributed by atoms with Crippen LogP contribution in [0.1, 0.15) is 25.3 Å². The van der Waals surface area contributed by atoms with Crippen molar-refractivity contribution in [2.45, 2.75) is 26.7 Å². The van der Waals surface area contributed by atoms with E-state index in [0.29, 0.717) is 24.1 Å². The maximum absolute atomic E-state index is 14.9. The second-order valence-electron chi connectivity index (χ2n) is 9.15. The number of allylic oxidation sites excluding steroid dienone is 4. The largest absolute Gasteiger partial charge is 0.504 e. The van der Waals surface area contributed by atoms with Gasteiger partial charge in [-0.05, 0) is 63.1 Å². The van der Waals surface area contributed by atoms with Crippen LogP contribution in [0.4, 0.5) is 15.8 Å². The van der Waals surface area contributed by atoms with Gasteiger partial charge >= 0.3 is 0 Å². The zero-order valence-corrected chi connectivity index (χ0v) is 21.7. The molecule has 0 unspecified atom stereocenters. The predicted molar refractivity (Wildman–Crippen MR) is 146 cm³/mol. The Kier molecular flexibility index (Phi) is 7.85. The Hall–Kier alpha value is -4.86. The van der Waals surface area contributed by atoms with E-state index < -0.39 is 23.0 Å². The van der Waals surface area contributed by atoms with Crippen LogP contribution < -0.4 is 21.1 Å². The summed E-state index contributed by atoms with van der Waals surface area (Å²) < 4.78 is 25.5. The van der Waals surface area contributed by atoms with Crippen LogP contribution >= 0.6 is 0 Å². The molecule has 202 valence electrons. The first-order valence-corrected chi connectivity index (χ1v) is 12.2. The molecule has 0 radical (unpaired) electrons. The first-order valence-electron chi connectivity index (χ1n) is 12.2. The van der Waals surface area contributed by atoms with Gasteiger partial charge in [0.15, 0.2) is 23.1 Å². The Bertz CT molecular complexity index is 1450. The Labute approximate surface area is 225 Å². The number of anilines is 2. The Morgan fingerprint density at radius 1 is 1.08 bits per heavy atom. The van der Waals surface area contributed by atoms with Crippen molar-refractivity contribution in [3.8, 4) is 5.75 Å². The summed E-state index contributed by atoms with van der Waals surface area (Å²) in [5.74, 6) is -1.54. The molecule has 5 N–H and O–H groups in total. The van der Waals surface area contributed by atoms with E-state index in [4.69, 9.17) is 15.2 Å². The highest BCUT2D eigenvalue weighted by molar-refractivity contribution is 6.17. The van der Waals surface area contributed by atoms with Crippen LogP contribution in [0.2, 0.25) is 0 Å². The molecule has 0 bridgehead atoms. The summed E-state index contributed by atoms with van der Waals surface area (Å²) in [4.78, 5) is 30.0. The molecule has 2 aliphatic carbocycles. The Morgan fingerprint density at radius 3 is 2.31 bits per heavy atom. The maximum atomic E-state index is 14.9. The molecule has 2 amide bonds. The van der Waals surface area contributed by atoms with E-state index in [0.717, 1.165) is 11.6 Å². The third-order valence-corrected chi connectivity index (χ3v) is 6.30. The van der Waals surface area contributed by atoms with Crippen LogP contribution in [0, 0.1) is 18.2 Å². The number of hydrogen-bond acceptors (Lipinski definition) is 7. The van der Waals surface area contributed by atoms with Crippen LogP contribution in [0.3, 0.4) is 0 Å². The normalized spacial score (nSPS) is 18.2. The maximum Gasteiger partial charge on any atom is 0.240 e. The zero-order valence-electron chi connectivity index (χ0n) is 21.7. The van der Waals surface area contributed by atoms with Crippen molar-refractivity contribution in [2.75, 3.05) is 17.7 Å². The number of rotatable bonds is 8. The molecule has 10 heteroatoms. The zero-order chi connectivity index (χ0) is 28.2. The number of benzene rings is 2. The predicted octanol–water partition coefficient (Wildman–Crippen LogP) is 5.00. The smallest absolute Gasteiger partial charge is 0.240 e. The van der Waals surface area contributed by atoms with Crippen LogP contribution in [-0.4, -0.2) is 29.7 Å². The van der Waals surface area contributed by atoms with E-state index in [1.165, 1.54) is 37.7 Å². The number of amides is 2. The number of halogens is 1. The molecule has 0 atom stereocenters. The minimum absolute atomic E-state index is 0.122. The number of ether oxygens (including phenoxy) is 2. The lowest BCUT2D eigenvalue weighted by Crippen LogP contribution is -2.35. The van der Waals surface area contributed by atoms with Crippen LogP contribution in [0.5, 0.6) is 5.75 Å². The number of nitrogens with two attached hydrogens (primary N) is 1. The van der Waals surface area contributed by atoms with Gasteiger partial charge in [0.05, 0.1) is 12.8 Å². The molecular weight excluding hydrogens is 503 g/mol.